The SMILES string of the molecule is CC1CN(C(=O)CSc2n[nH]c(CC3CCCC3)n2)CCO1. The molecule has 2 aliphatic rings. The number of aromatic nitrogens is 3. The van der Waals surface area contributed by atoms with Gasteiger partial charge in [0, 0.05) is 19.5 Å². The number of rotatable bonds is 5. The Kier molecular flexibility index (Phi) is 5.36. The number of nitrogens with zero attached hydrogens (tertiary/aromatic N) is 3. The molecule has 1 aliphatic carbocycles. The van der Waals surface area contributed by atoms with E-state index in [0.29, 0.717) is 30.6 Å². The molecular formula is C15H24N4O2S. The molecule has 0 radical (unpaired) electrons. The van der Waals surface area contributed by atoms with Crippen LogP contribution in [0.2, 0.25) is 0 Å². The van der Waals surface area contributed by atoms with Crippen LogP contribution in [0.3, 0.4) is 0 Å². The number of hydrogen-bond donors (Lipinski definition) is 1. The Morgan fingerprint density at radius 3 is 3.05 bits per heavy atom. The third-order valence-electron chi connectivity index (χ3n) is 4.39. The van der Waals surface area contributed by atoms with Gasteiger partial charge in [-0.3, -0.25) is 9.89 Å². The van der Waals surface area contributed by atoms with E-state index in [-0.39, 0.29) is 12.0 Å². The van der Waals surface area contributed by atoms with E-state index >= 15 is 0 Å². The summed E-state index contributed by atoms with van der Waals surface area (Å²) in [7, 11) is 0. The monoisotopic (exact) mass is 324 g/mol. The molecule has 1 N–H and O–H groups in total. The molecule has 2 heterocycles. The van der Waals surface area contributed by atoms with E-state index < -0.39 is 0 Å². The molecule has 22 heavy (non-hydrogen) atoms. The van der Waals surface area contributed by atoms with Crippen LogP contribution in [0, 0.1) is 5.92 Å². The normalized spacial score (nSPS) is 23.1. The second-order valence-corrected chi connectivity index (χ2v) is 7.17. The Morgan fingerprint density at radius 2 is 2.27 bits per heavy atom. The molecule has 1 saturated heterocycles. The van der Waals surface area contributed by atoms with Gasteiger partial charge >= 0.3 is 0 Å². The molecule has 0 aromatic carbocycles. The maximum atomic E-state index is 12.2. The van der Waals surface area contributed by atoms with Crippen molar-refractivity contribution in [2.45, 2.75) is 50.3 Å². The molecule has 1 aromatic heterocycles. The standard InChI is InChI=1S/C15H24N4O2S/c1-11-9-19(6-7-21-11)14(20)10-22-15-16-13(17-18-15)8-12-4-2-3-5-12/h11-12H,2-10H2,1H3,(H,16,17,18). The second-order valence-electron chi connectivity index (χ2n) is 6.23. The molecule has 3 rings (SSSR count). The van der Waals surface area contributed by atoms with Crippen LogP contribution in [0.15, 0.2) is 5.16 Å². The second kappa shape index (κ2) is 7.46. The number of amides is 1. The average molecular weight is 324 g/mol. The van der Waals surface area contributed by atoms with E-state index in [1.165, 1.54) is 37.4 Å². The molecule has 0 spiro atoms. The van der Waals surface area contributed by atoms with Gasteiger partial charge in [0.2, 0.25) is 11.1 Å². The minimum Gasteiger partial charge on any atom is -0.375 e. The third kappa shape index (κ3) is 4.23. The number of thioether (sulfide) groups is 1. The number of hydrogen-bond acceptors (Lipinski definition) is 5. The molecule has 0 bridgehead atoms. The highest BCUT2D eigenvalue weighted by Gasteiger charge is 2.22. The van der Waals surface area contributed by atoms with Gasteiger partial charge in [-0.05, 0) is 12.8 Å². The molecule has 1 aromatic rings. The number of H-pyrrole nitrogens is 1. The lowest BCUT2D eigenvalue weighted by Gasteiger charge is -2.31. The number of aromatic amines is 1. The fourth-order valence-corrected chi connectivity index (χ4v) is 3.90. The predicted molar refractivity (Wildman–Crippen MR) is 84.8 cm³/mol. The van der Waals surface area contributed by atoms with Gasteiger partial charge in [0.15, 0.2) is 0 Å². The summed E-state index contributed by atoms with van der Waals surface area (Å²) in [5.41, 5.74) is 0. The van der Waals surface area contributed by atoms with Crippen molar-refractivity contribution in [1.82, 2.24) is 20.1 Å². The largest absolute Gasteiger partial charge is 0.375 e. The summed E-state index contributed by atoms with van der Waals surface area (Å²) in [5, 5.41) is 7.92. The van der Waals surface area contributed by atoms with Crippen LogP contribution in [0.25, 0.3) is 0 Å². The van der Waals surface area contributed by atoms with E-state index in [9.17, 15) is 4.79 Å². The molecule has 7 heteroatoms. The summed E-state index contributed by atoms with van der Waals surface area (Å²) < 4.78 is 5.46. The van der Waals surface area contributed by atoms with Crippen molar-refractivity contribution in [3.63, 3.8) is 0 Å². The fourth-order valence-electron chi connectivity index (χ4n) is 3.18. The summed E-state index contributed by atoms with van der Waals surface area (Å²) in [4.78, 5) is 18.6. The Balaban J connectivity index is 1.44. The van der Waals surface area contributed by atoms with Crippen LogP contribution in [0.5, 0.6) is 0 Å². The topological polar surface area (TPSA) is 71.1 Å². The van der Waals surface area contributed by atoms with Crippen LogP contribution in [0.1, 0.15) is 38.4 Å². The number of morpholine rings is 1. The average Bonchev–Trinajstić information content (AvgIpc) is 3.17. The van der Waals surface area contributed by atoms with Crippen molar-refractivity contribution in [3.8, 4) is 0 Å². The Morgan fingerprint density at radius 1 is 1.45 bits per heavy atom. The smallest absolute Gasteiger partial charge is 0.233 e. The summed E-state index contributed by atoms with van der Waals surface area (Å²) in [6, 6.07) is 0. The fraction of sp³-hybridized carbons (Fsp3) is 0.800. The van der Waals surface area contributed by atoms with E-state index in [2.05, 4.69) is 15.2 Å². The highest BCUT2D eigenvalue weighted by molar-refractivity contribution is 7.99. The number of ether oxygens (including phenoxy) is 1. The summed E-state index contributed by atoms with van der Waals surface area (Å²) in [6.07, 6.45) is 6.40. The van der Waals surface area contributed by atoms with Crippen LogP contribution < -0.4 is 0 Å². The van der Waals surface area contributed by atoms with Crippen LogP contribution in [-0.2, 0) is 16.0 Å². The zero-order valence-corrected chi connectivity index (χ0v) is 13.9. The predicted octanol–water partition coefficient (Wildman–Crippen LogP) is 1.88. The lowest BCUT2D eigenvalue weighted by Crippen LogP contribution is -2.45. The van der Waals surface area contributed by atoms with Gasteiger partial charge in [0.25, 0.3) is 0 Å². The van der Waals surface area contributed by atoms with Gasteiger partial charge in [-0.2, -0.15) is 0 Å². The van der Waals surface area contributed by atoms with E-state index in [1.807, 2.05) is 11.8 Å². The Bertz CT molecular complexity index is 501. The minimum absolute atomic E-state index is 0.129. The first-order valence-corrected chi connectivity index (χ1v) is 9.12. The first kappa shape index (κ1) is 15.8. The highest BCUT2D eigenvalue weighted by Crippen LogP contribution is 2.27. The summed E-state index contributed by atoms with van der Waals surface area (Å²) in [5.74, 6) is 2.25. The van der Waals surface area contributed by atoms with E-state index in [4.69, 9.17) is 4.74 Å². The van der Waals surface area contributed by atoms with Crippen LogP contribution in [-0.4, -0.2) is 57.5 Å². The van der Waals surface area contributed by atoms with Gasteiger partial charge in [0.05, 0.1) is 18.5 Å². The molecule has 1 amide bonds. The van der Waals surface area contributed by atoms with Crippen molar-refractivity contribution >= 4 is 17.7 Å². The van der Waals surface area contributed by atoms with Gasteiger partial charge < -0.3 is 9.64 Å². The van der Waals surface area contributed by atoms with Crippen molar-refractivity contribution in [2.24, 2.45) is 5.92 Å². The lowest BCUT2D eigenvalue weighted by atomic mass is 10.0. The molecule has 1 saturated carbocycles. The van der Waals surface area contributed by atoms with Crippen LogP contribution >= 0.6 is 11.8 Å². The van der Waals surface area contributed by atoms with Gasteiger partial charge in [-0.1, -0.05) is 37.4 Å². The van der Waals surface area contributed by atoms with E-state index in [1.54, 1.807) is 0 Å². The zero-order chi connectivity index (χ0) is 15.4. The number of carbonyl (C=O) groups excluding carboxylic acids is 1. The first-order valence-electron chi connectivity index (χ1n) is 8.14. The van der Waals surface area contributed by atoms with Gasteiger partial charge in [-0.25, -0.2) is 4.98 Å². The summed E-state index contributed by atoms with van der Waals surface area (Å²) >= 11 is 1.42. The molecule has 1 atom stereocenters. The quantitative estimate of drug-likeness (QED) is 0.837. The Labute approximate surface area is 135 Å². The molecule has 1 aliphatic heterocycles. The van der Waals surface area contributed by atoms with Crippen molar-refractivity contribution in [2.75, 3.05) is 25.4 Å². The highest BCUT2D eigenvalue weighted by atomic mass is 32.2. The molecule has 122 valence electrons. The number of nitrogens with one attached hydrogen (secondary N) is 1. The van der Waals surface area contributed by atoms with Crippen LogP contribution in [0.4, 0.5) is 0 Å². The van der Waals surface area contributed by atoms with Crippen molar-refractivity contribution in [3.05, 3.63) is 5.82 Å². The third-order valence-corrected chi connectivity index (χ3v) is 5.22. The van der Waals surface area contributed by atoms with Gasteiger partial charge in [-0.15, -0.1) is 5.10 Å². The lowest BCUT2D eigenvalue weighted by molar-refractivity contribution is -0.135. The van der Waals surface area contributed by atoms with Gasteiger partial charge in [0.1, 0.15) is 5.82 Å². The number of carbonyl (C=O) groups is 1. The molecule has 6 nitrogen and oxygen atoms in total. The maximum Gasteiger partial charge on any atom is 0.233 e. The Hall–Kier alpha value is -1.08. The molecular weight excluding hydrogens is 300 g/mol. The zero-order valence-electron chi connectivity index (χ0n) is 13.1. The van der Waals surface area contributed by atoms with Crippen molar-refractivity contribution in [1.29, 1.82) is 0 Å². The van der Waals surface area contributed by atoms with E-state index in [0.717, 1.165) is 18.2 Å². The summed E-state index contributed by atoms with van der Waals surface area (Å²) in [6.45, 7) is 3.99. The molecule has 1 unspecified atom stereocenters. The minimum atomic E-state index is 0.129. The van der Waals surface area contributed by atoms with Crippen molar-refractivity contribution < 1.29 is 9.53 Å². The maximum absolute atomic E-state index is 12.2. The molecule has 2 fully saturated rings. The first-order chi connectivity index (χ1) is 10.7.